The Hall–Kier alpha value is -3.67. The first kappa shape index (κ1) is 15.8. The van der Waals surface area contributed by atoms with Crippen molar-refractivity contribution in [3.8, 4) is 5.75 Å². The summed E-state index contributed by atoms with van der Waals surface area (Å²) < 4.78 is 10.5. The zero-order valence-electron chi connectivity index (χ0n) is 13.5. The Morgan fingerprint density at radius 2 is 1.69 bits per heavy atom. The summed E-state index contributed by atoms with van der Waals surface area (Å²) in [6, 6.07) is 16.3. The number of fused-ring (bicyclic) bond motifs is 1. The van der Waals surface area contributed by atoms with E-state index in [2.05, 4.69) is 0 Å². The Morgan fingerprint density at radius 1 is 0.923 bits per heavy atom. The molecule has 0 fully saturated rings. The molecular formula is C20H13NO5. The molecule has 2 amide bonds. The smallest absolute Gasteiger partial charge is 0.343 e. The molecule has 0 aliphatic carbocycles. The first-order chi connectivity index (χ1) is 12.6. The second kappa shape index (κ2) is 6.33. The number of esters is 1. The first-order valence-electron chi connectivity index (χ1n) is 7.93. The van der Waals surface area contributed by atoms with Gasteiger partial charge in [-0.3, -0.25) is 14.5 Å². The van der Waals surface area contributed by atoms with Crippen LogP contribution in [0.4, 0.5) is 0 Å². The highest BCUT2D eigenvalue weighted by atomic mass is 16.5. The summed E-state index contributed by atoms with van der Waals surface area (Å²) in [6.07, 6.45) is 1.48. The van der Waals surface area contributed by atoms with E-state index in [1.807, 2.05) is 6.07 Å². The molecule has 6 heteroatoms. The van der Waals surface area contributed by atoms with Crippen LogP contribution in [0.15, 0.2) is 71.3 Å². The number of imide groups is 1. The fourth-order valence-corrected chi connectivity index (χ4v) is 2.77. The summed E-state index contributed by atoms with van der Waals surface area (Å²) in [6.45, 7) is 0.0448. The highest BCUT2D eigenvalue weighted by Gasteiger charge is 2.36. The quantitative estimate of drug-likeness (QED) is 0.411. The number of hydrogen-bond acceptors (Lipinski definition) is 5. The Balaban J connectivity index is 1.58. The maximum absolute atomic E-state index is 12.6. The van der Waals surface area contributed by atoms with Crippen molar-refractivity contribution in [2.24, 2.45) is 0 Å². The van der Waals surface area contributed by atoms with E-state index in [1.165, 1.54) is 24.5 Å². The Labute approximate surface area is 148 Å². The number of rotatable bonds is 4. The van der Waals surface area contributed by atoms with Crippen LogP contribution in [0.1, 0.15) is 36.8 Å². The number of hydrogen-bond donors (Lipinski definition) is 0. The monoisotopic (exact) mass is 347 g/mol. The number of ether oxygens (including phenoxy) is 1. The van der Waals surface area contributed by atoms with Crippen molar-refractivity contribution in [1.29, 1.82) is 0 Å². The third-order valence-electron chi connectivity index (χ3n) is 4.05. The van der Waals surface area contributed by atoms with E-state index >= 15 is 0 Å². The van der Waals surface area contributed by atoms with Gasteiger partial charge in [-0.05, 0) is 42.5 Å². The molecule has 4 rings (SSSR count). The van der Waals surface area contributed by atoms with Crippen molar-refractivity contribution in [2.75, 3.05) is 0 Å². The fraction of sp³-hybridized carbons (Fsp3) is 0.0500. The molecule has 1 aliphatic rings. The highest BCUT2D eigenvalue weighted by Crippen LogP contribution is 2.26. The summed E-state index contributed by atoms with van der Waals surface area (Å²) >= 11 is 0. The van der Waals surface area contributed by atoms with Crippen LogP contribution in [0.2, 0.25) is 0 Å². The van der Waals surface area contributed by atoms with Crippen molar-refractivity contribution < 1.29 is 23.5 Å². The predicted molar refractivity (Wildman–Crippen MR) is 90.8 cm³/mol. The molecule has 128 valence electrons. The van der Waals surface area contributed by atoms with Gasteiger partial charge in [-0.2, -0.15) is 0 Å². The molecule has 0 saturated carbocycles. The van der Waals surface area contributed by atoms with Crippen molar-refractivity contribution in [1.82, 2.24) is 4.90 Å². The molecule has 2 aromatic carbocycles. The average molecular weight is 347 g/mol. The third-order valence-corrected chi connectivity index (χ3v) is 4.05. The maximum atomic E-state index is 12.6. The van der Waals surface area contributed by atoms with Gasteiger partial charge < -0.3 is 9.15 Å². The van der Waals surface area contributed by atoms with Crippen LogP contribution < -0.4 is 4.74 Å². The van der Waals surface area contributed by atoms with Gasteiger partial charge in [-0.15, -0.1) is 0 Å². The summed E-state index contributed by atoms with van der Waals surface area (Å²) in [7, 11) is 0. The van der Waals surface area contributed by atoms with Crippen molar-refractivity contribution in [2.45, 2.75) is 6.54 Å². The van der Waals surface area contributed by atoms with Gasteiger partial charge in [0.1, 0.15) is 11.5 Å². The van der Waals surface area contributed by atoms with E-state index in [-0.39, 0.29) is 23.2 Å². The molecule has 0 radical (unpaired) electrons. The minimum absolute atomic E-state index is 0.0448. The molecule has 1 aliphatic heterocycles. The summed E-state index contributed by atoms with van der Waals surface area (Å²) in [5.41, 5.74) is 0.649. The number of benzene rings is 2. The summed E-state index contributed by atoms with van der Waals surface area (Å²) in [5, 5.41) is 0. The molecule has 0 spiro atoms. The van der Waals surface area contributed by atoms with Crippen LogP contribution in [-0.4, -0.2) is 22.7 Å². The minimum atomic E-state index is -0.594. The lowest BCUT2D eigenvalue weighted by atomic mass is 10.1. The Bertz CT molecular complexity index is 992. The van der Waals surface area contributed by atoms with E-state index < -0.39 is 17.8 Å². The third kappa shape index (κ3) is 2.77. The fourth-order valence-electron chi connectivity index (χ4n) is 2.77. The largest absolute Gasteiger partial charge is 0.467 e. The highest BCUT2D eigenvalue weighted by molar-refractivity contribution is 6.21. The van der Waals surface area contributed by atoms with Crippen LogP contribution in [0, 0.1) is 0 Å². The summed E-state index contributed by atoms with van der Waals surface area (Å²) in [5.74, 6) is -0.563. The lowest BCUT2D eigenvalue weighted by molar-refractivity contribution is 0.0631. The number of amides is 2. The molecule has 2 heterocycles. The van der Waals surface area contributed by atoms with Crippen LogP contribution >= 0.6 is 0 Å². The molecule has 26 heavy (non-hydrogen) atoms. The average Bonchev–Trinajstić information content (AvgIpc) is 3.25. The van der Waals surface area contributed by atoms with Crippen LogP contribution in [0.3, 0.4) is 0 Å². The molecular weight excluding hydrogens is 334 g/mol. The topological polar surface area (TPSA) is 76.8 Å². The second-order valence-corrected chi connectivity index (χ2v) is 5.74. The number of furan rings is 1. The van der Waals surface area contributed by atoms with Gasteiger partial charge in [0, 0.05) is 0 Å². The van der Waals surface area contributed by atoms with Crippen molar-refractivity contribution in [3.63, 3.8) is 0 Å². The van der Waals surface area contributed by atoms with E-state index in [4.69, 9.17) is 9.15 Å². The van der Waals surface area contributed by atoms with Gasteiger partial charge >= 0.3 is 5.97 Å². The number of carbonyl (C=O) groups is 3. The predicted octanol–water partition coefficient (Wildman–Crippen LogP) is 3.30. The van der Waals surface area contributed by atoms with Crippen LogP contribution in [0.25, 0.3) is 0 Å². The van der Waals surface area contributed by atoms with Gasteiger partial charge in [0.05, 0.1) is 29.5 Å². The zero-order chi connectivity index (χ0) is 18.1. The molecule has 1 aromatic heterocycles. The second-order valence-electron chi connectivity index (χ2n) is 5.74. The minimum Gasteiger partial charge on any atom is -0.467 e. The molecule has 0 N–H and O–H groups in total. The van der Waals surface area contributed by atoms with Gasteiger partial charge in [0.25, 0.3) is 11.8 Å². The van der Waals surface area contributed by atoms with Crippen LogP contribution in [0.5, 0.6) is 5.75 Å². The van der Waals surface area contributed by atoms with Gasteiger partial charge in [0.2, 0.25) is 0 Å². The molecule has 0 saturated heterocycles. The Kier molecular flexibility index (Phi) is 3.85. The first-order valence-corrected chi connectivity index (χ1v) is 7.93. The van der Waals surface area contributed by atoms with E-state index in [0.717, 1.165) is 4.90 Å². The molecule has 0 atom stereocenters. The van der Waals surface area contributed by atoms with Gasteiger partial charge in [-0.25, -0.2) is 4.79 Å². The molecule has 0 unspecified atom stereocenters. The molecule has 0 bridgehead atoms. The van der Waals surface area contributed by atoms with Crippen LogP contribution in [-0.2, 0) is 6.54 Å². The summed E-state index contributed by atoms with van der Waals surface area (Å²) in [4.78, 5) is 38.4. The number of para-hydroxylation sites is 1. The van der Waals surface area contributed by atoms with Crippen molar-refractivity contribution in [3.05, 3.63) is 89.4 Å². The van der Waals surface area contributed by atoms with Gasteiger partial charge in [0.15, 0.2) is 0 Å². The maximum Gasteiger partial charge on any atom is 0.343 e. The lowest BCUT2D eigenvalue weighted by Gasteiger charge is -2.11. The normalized spacial score (nSPS) is 13.0. The van der Waals surface area contributed by atoms with Crippen molar-refractivity contribution >= 4 is 17.8 Å². The lowest BCUT2D eigenvalue weighted by Crippen LogP contribution is -2.28. The molecule has 3 aromatic rings. The van der Waals surface area contributed by atoms with E-state index in [1.54, 1.807) is 36.4 Å². The standard InChI is InChI=1S/C20H13NO5/c22-18-16-9-8-13(20(24)26-14-5-2-1-3-6-14)11-17(16)19(23)21(18)12-15-7-4-10-25-15/h1-11H,12H2. The Morgan fingerprint density at radius 3 is 2.42 bits per heavy atom. The van der Waals surface area contributed by atoms with E-state index in [0.29, 0.717) is 11.5 Å². The number of carbonyl (C=O) groups excluding carboxylic acids is 3. The van der Waals surface area contributed by atoms with Gasteiger partial charge in [-0.1, -0.05) is 18.2 Å². The SMILES string of the molecule is O=C(Oc1ccccc1)c1ccc2c(c1)C(=O)N(Cc1ccco1)C2=O. The van der Waals surface area contributed by atoms with E-state index in [9.17, 15) is 14.4 Å². The number of nitrogens with zero attached hydrogens (tertiary/aromatic N) is 1. The molecule has 6 nitrogen and oxygen atoms in total. The zero-order valence-corrected chi connectivity index (χ0v) is 13.5.